The van der Waals surface area contributed by atoms with Gasteiger partial charge in [0, 0.05) is 11.6 Å². The predicted octanol–water partition coefficient (Wildman–Crippen LogP) is 3.86. The van der Waals surface area contributed by atoms with Gasteiger partial charge >= 0.3 is 0 Å². The Hall–Kier alpha value is -4.07. The van der Waals surface area contributed by atoms with Crippen LogP contribution in [0.2, 0.25) is 0 Å². The van der Waals surface area contributed by atoms with E-state index in [0.29, 0.717) is 23.0 Å². The minimum absolute atomic E-state index is 0.342. The molecule has 0 aliphatic carbocycles. The van der Waals surface area contributed by atoms with Gasteiger partial charge in [-0.15, -0.1) is 0 Å². The average Bonchev–Trinajstić information content (AvgIpc) is 3.38. The number of nitrogens with one attached hydrogen (secondary N) is 1. The molecular weight excluding hydrogens is 357 g/mol. The molecule has 0 aliphatic rings. The van der Waals surface area contributed by atoms with Crippen LogP contribution in [0.5, 0.6) is 0 Å². The first kappa shape index (κ1) is 16.1. The lowest BCUT2D eigenvalue weighted by Crippen LogP contribution is -2.02. The van der Waals surface area contributed by atoms with Gasteiger partial charge in [-0.3, -0.25) is 0 Å². The average molecular weight is 371 g/mol. The van der Waals surface area contributed by atoms with E-state index in [9.17, 15) is 4.39 Å². The van der Waals surface area contributed by atoms with Crippen molar-refractivity contribution in [2.24, 2.45) is 0 Å². The van der Waals surface area contributed by atoms with Gasteiger partial charge in [-0.2, -0.15) is 19.7 Å². The summed E-state index contributed by atoms with van der Waals surface area (Å²) in [4.78, 5) is 8.75. The Balaban J connectivity index is 1.54. The Morgan fingerprint density at radius 1 is 0.929 bits per heavy atom. The zero-order valence-electron chi connectivity index (χ0n) is 14.6. The van der Waals surface area contributed by atoms with Crippen LogP contribution in [0.15, 0.2) is 79.4 Å². The minimum atomic E-state index is -0.342. The van der Waals surface area contributed by atoms with E-state index in [4.69, 9.17) is 0 Å². The van der Waals surface area contributed by atoms with Crippen LogP contribution in [0, 0.1) is 5.82 Å². The molecule has 136 valence electrons. The molecule has 0 bridgehead atoms. The quantitative estimate of drug-likeness (QED) is 0.519. The van der Waals surface area contributed by atoms with Crippen LogP contribution in [0.3, 0.4) is 0 Å². The van der Waals surface area contributed by atoms with E-state index in [1.54, 1.807) is 35.1 Å². The summed E-state index contributed by atoms with van der Waals surface area (Å²) in [6, 6.07) is 18.2. The molecule has 5 aromatic rings. The molecule has 7 nitrogen and oxygen atoms in total. The van der Waals surface area contributed by atoms with E-state index in [-0.39, 0.29) is 5.82 Å². The van der Waals surface area contributed by atoms with Crippen LogP contribution >= 0.6 is 0 Å². The van der Waals surface area contributed by atoms with Gasteiger partial charge in [0.15, 0.2) is 0 Å². The summed E-state index contributed by atoms with van der Waals surface area (Å²) < 4.78 is 17.1. The zero-order valence-corrected chi connectivity index (χ0v) is 14.6. The van der Waals surface area contributed by atoms with Crippen molar-refractivity contribution in [1.82, 2.24) is 29.4 Å². The Kier molecular flexibility index (Phi) is 3.79. The summed E-state index contributed by atoms with van der Waals surface area (Å²) in [6.07, 6.45) is 4.78. The zero-order chi connectivity index (χ0) is 18.9. The van der Waals surface area contributed by atoms with Crippen molar-refractivity contribution in [3.05, 3.63) is 85.2 Å². The molecule has 3 heterocycles. The van der Waals surface area contributed by atoms with Crippen LogP contribution in [0.25, 0.3) is 22.7 Å². The fraction of sp³-hybridized carbons (Fsp3) is 0. The van der Waals surface area contributed by atoms with Crippen LogP contribution < -0.4 is 5.32 Å². The summed E-state index contributed by atoms with van der Waals surface area (Å²) >= 11 is 0. The Bertz CT molecular complexity index is 1260. The monoisotopic (exact) mass is 371 g/mol. The van der Waals surface area contributed by atoms with Gasteiger partial charge in [-0.25, -0.2) is 14.1 Å². The van der Waals surface area contributed by atoms with E-state index in [2.05, 4.69) is 25.5 Å². The van der Waals surface area contributed by atoms with Crippen molar-refractivity contribution in [2.45, 2.75) is 0 Å². The van der Waals surface area contributed by atoms with E-state index in [0.717, 1.165) is 11.3 Å². The second-order valence-corrected chi connectivity index (χ2v) is 6.11. The van der Waals surface area contributed by atoms with Gasteiger partial charge in [-0.1, -0.05) is 42.5 Å². The molecular formula is C20H14FN7. The number of anilines is 2. The van der Waals surface area contributed by atoms with Gasteiger partial charge in [0.05, 0.1) is 23.8 Å². The minimum Gasteiger partial charge on any atom is -0.337 e. The first-order valence-corrected chi connectivity index (χ1v) is 8.61. The second kappa shape index (κ2) is 6.58. The van der Waals surface area contributed by atoms with Crippen molar-refractivity contribution in [2.75, 3.05) is 5.32 Å². The number of hydrogen-bond donors (Lipinski definition) is 1. The summed E-state index contributed by atoms with van der Waals surface area (Å²) in [5.41, 5.74) is 2.80. The van der Waals surface area contributed by atoms with E-state index < -0.39 is 0 Å². The maximum Gasteiger partial charge on any atom is 0.254 e. The Morgan fingerprint density at radius 2 is 1.75 bits per heavy atom. The third kappa shape index (κ3) is 2.86. The number of rotatable bonds is 4. The summed E-state index contributed by atoms with van der Waals surface area (Å²) in [7, 11) is 0. The normalized spacial score (nSPS) is 11.0. The first-order chi connectivity index (χ1) is 13.8. The highest BCUT2D eigenvalue weighted by Gasteiger charge is 2.11. The van der Waals surface area contributed by atoms with Crippen LogP contribution in [0.1, 0.15) is 0 Å². The van der Waals surface area contributed by atoms with Crippen molar-refractivity contribution in [3.8, 4) is 16.9 Å². The van der Waals surface area contributed by atoms with E-state index in [1.807, 2.05) is 36.4 Å². The highest BCUT2D eigenvalue weighted by molar-refractivity contribution is 5.68. The van der Waals surface area contributed by atoms with Gasteiger partial charge in [-0.05, 0) is 12.1 Å². The molecule has 0 saturated carbocycles. The topological polar surface area (TPSA) is 72.9 Å². The number of aromatic nitrogens is 6. The highest BCUT2D eigenvalue weighted by atomic mass is 19.1. The van der Waals surface area contributed by atoms with Crippen molar-refractivity contribution in [3.63, 3.8) is 0 Å². The molecule has 28 heavy (non-hydrogen) atoms. The molecule has 0 aliphatic heterocycles. The van der Waals surface area contributed by atoms with E-state index in [1.165, 1.54) is 17.1 Å². The van der Waals surface area contributed by atoms with Gasteiger partial charge < -0.3 is 5.32 Å². The van der Waals surface area contributed by atoms with Crippen molar-refractivity contribution in [1.29, 1.82) is 0 Å². The third-order valence-electron chi connectivity index (χ3n) is 4.28. The Labute approximate surface area is 159 Å². The Morgan fingerprint density at radius 3 is 2.61 bits per heavy atom. The molecule has 0 atom stereocenters. The largest absolute Gasteiger partial charge is 0.337 e. The lowest BCUT2D eigenvalue weighted by Gasteiger charge is -2.08. The molecule has 0 spiro atoms. The van der Waals surface area contributed by atoms with E-state index >= 15 is 0 Å². The van der Waals surface area contributed by atoms with Gasteiger partial charge in [0.25, 0.3) is 5.78 Å². The van der Waals surface area contributed by atoms with Crippen LogP contribution in [-0.4, -0.2) is 29.4 Å². The van der Waals surface area contributed by atoms with Gasteiger partial charge in [0.2, 0.25) is 0 Å². The predicted molar refractivity (Wildman–Crippen MR) is 103 cm³/mol. The number of benzene rings is 2. The van der Waals surface area contributed by atoms with Crippen molar-refractivity contribution >= 4 is 17.3 Å². The molecule has 1 N–H and O–H groups in total. The number of hydrogen-bond acceptors (Lipinski definition) is 5. The molecule has 0 unspecified atom stereocenters. The second-order valence-electron chi connectivity index (χ2n) is 6.11. The van der Waals surface area contributed by atoms with Crippen LogP contribution in [0.4, 0.5) is 15.9 Å². The highest BCUT2D eigenvalue weighted by Crippen LogP contribution is 2.24. The molecule has 0 radical (unpaired) electrons. The summed E-state index contributed by atoms with van der Waals surface area (Å²) in [5, 5.41) is 11.7. The number of halogens is 1. The van der Waals surface area contributed by atoms with Crippen LogP contribution in [-0.2, 0) is 0 Å². The molecule has 3 aromatic heterocycles. The molecule has 0 saturated heterocycles. The number of fused-ring (bicyclic) bond motifs is 1. The number of nitrogens with zero attached hydrogens (tertiary/aromatic N) is 6. The fourth-order valence-corrected chi connectivity index (χ4v) is 2.96. The van der Waals surface area contributed by atoms with Gasteiger partial charge in [0.1, 0.15) is 23.6 Å². The molecule has 2 aromatic carbocycles. The molecule has 8 heteroatoms. The standard InChI is InChI=1S/C20H14FN7/c21-16-8-4-5-9-18(16)27-12-15(11-23-27)25-19-10-17(14-6-2-1-3-7-14)26-20-22-13-24-28(19)20/h1-13,25H. The molecule has 0 fully saturated rings. The maximum absolute atomic E-state index is 14.0. The van der Waals surface area contributed by atoms with Crippen molar-refractivity contribution < 1.29 is 4.39 Å². The third-order valence-corrected chi connectivity index (χ3v) is 4.28. The maximum atomic E-state index is 14.0. The summed E-state index contributed by atoms with van der Waals surface area (Å²) in [5.74, 6) is 0.811. The summed E-state index contributed by atoms with van der Waals surface area (Å²) in [6.45, 7) is 0. The molecule has 5 rings (SSSR count). The SMILES string of the molecule is Fc1ccccc1-n1cc(Nc2cc(-c3ccccc3)nc3ncnn23)cn1. The smallest absolute Gasteiger partial charge is 0.254 e. The lowest BCUT2D eigenvalue weighted by atomic mass is 10.1. The lowest BCUT2D eigenvalue weighted by molar-refractivity contribution is 0.611. The molecule has 0 amide bonds. The fourth-order valence-electron chi connectivity index (χ4n) is 2.96. The first-order valence-electron chi connectivity index (χ1n) is 8.61. The number of para-hydroxylation sites is 1.